The Hall–Kier alpha value is -0.950. The molecule has 2 heteroatoms. The van der Waals surface area contributed by atoms with E-state index in [0.29, 0.717) is 12.4 Å². The Morgan fingerprint density at radius 1 is 1.61 bits per heavy atom. The lowest BCUT2D eigenvalue weighted by molar-refractivity contribution is 0.222. The molecule has 0 aromatic heterocycles. The van der Waals surface area contributed by atoms with E-state index in [2.05, 4.69) is 32.7 Å². The van der Waals surface area contributed by atoms with Crippen LogP contribution in [-0.4, -0.2) is 12.0 Å². The van der Waals surface area contributed by atoms with Gasteiger partial charge in [-0.3, -0.25) is 0 Å². The fourth-order valence-corrected chi connectivity index (χ4v) is 2.71. The highest BCUT2D eigenvalue weighted by molar-refractivity contribution is 6.21. The monoisotopic (exact) mass is 266 g/mol. The Kier molecular flexibility index (Phi) is 4.86. The third-order valence-electron chi connectivity index (χ3n) is 3.74. The van der Waals surface area contributed by atoms with Crippen molar-refractivity contribution in [2.75, 3.05) is 6.61 Å². The Morgan fingerprint density at radius 3 is 2.67 bits per heavy atom. The first-order valence-electron chi connectivity index (χ1n) is 6.34. The van der Waals surface area contributed by atoms with E-state index in [4.69, 9.17) is 16.3 Å². The van der Waals surface area contributed by atoms with E-state index in [1.54, 1.807) is 0 Å². The van der Waals surface area contributed by atoms with Crippen LogP contribution in [0.15, 0.2) is 48.8 Å². The maximum absolute atomic E-state index is 6.55. The molecule has 1 rings (SSSR count). The maximum atomic E-state index is 6.55. The molecule has 0 saturated heterocycles. The van der Waals surface area contributed by atoms with Crippen molar-refractivity contribution in [1.29, 1.82) is 0 Å². The predicted octanol–water partition coefficient (Wildman–Crippen LogP) is 4.86. The van der Waals surface area contributed by atoms with Gasteiger partial charge in [-0.1, -0.05) is 37.8 Å². The highest BCUT2D eigenvalue weighted by Crippen LogP contribution is 2.47. The first-order chi connectivity index (χ1) is 8.36. The van der Waals surface area contributed by atoms with E-state index in [1.165, 1.54) is 0 Å². The van der Waals surface area contributed by atoms with Gasteiger partial charge in [0, 0.05) is 16.4 Å². The van der Waals surface area contributed by atoms with Gasteiger partial charge in [0.05, 0.1) is 6.61 Å². The van der Waals surface area contributed by atoms with Crippen LogP contribution >= 0.6 is 11.6 Å². The largest absolute Gasteiger partial charge is 0.494 e. The van der Waals surface area contributed by atoms with E-state index in [1.807, 2.05) is 19.9 Å². The first-order valence-corrected chi connectivity index (χ1v) is 6.77. The Bertz CT molecular complexity index is 394. The fraction of sp³-hybridized carbons (Fsp3) is 0.500. The molecule has 0 aromatic carbocycles. The molecule has 0 aliphatic heterocycles. The van der Waals surface area contributed by atoms with Crippen molar-refractivity contribution in [1.82, 2.24) is 0 Å². The van der Waals surface area contributed by atoms with Crippen molar-refractivity contribution in [3.05, 3.63) is 48.8 Å². The molecule has 3 atom stereocenters. The molecule has 1 aliphatic carbocycles. The van der Waals surface area contributed by atoms with Crippen LogP contribution in [0.25, 0.3) is 0 Å². The summed E-state index contributed by atoms with van der Waals surface area (Å²) in [5, 5.41) is -0.0195. The highest BCUT2D eigenvalue weighted by Gasteiger charge is 2.40. The van der Waals surface area contributed by atoms with E-state index in [-0.39, 0.29) is 16.7 Å². The third-order valence-corrected chi connectivity index (χ3v) is 4.37. The number of allylic oxidation sites excluding steroid dienone is 4. The number of rotatable bonds is 5. The summed E-state index contributed by atoms with van der Waals surface area (Å²) in [5.41, 5.74) is 1.87. The number of ether oxygens (including phenoxy) is 1. The fourth-order valence-electron chi connectivity index (χ4n) is 2.31. The summed E-state index contributed by atoms with van der Waals surface area (Å²) in [6.45, 7) is 18.6. The van der Waals surface area contributed by atoms with Gasteiger partial charge >= 0.3 is 0 Å². The maximum Gasteiger partial charge on any atom is 0.115 e. The van der Waals surface area contributed by atoms with Gasteiger partial charge in [0.1, 0.15) is 5.76 Å². The van der Waals surface area contributed by atoms with Crippen molar-refractivity contribution in [2.45, 2.75) is 32.6 Å². The summed E-state index contributed by atoms with van der Waals surface area (Å²) in [6.07, 6.45) is 4.96. The van der Waals surface area contributed by atoms with Crippen molar-refractivity contribution in [3.63, 3.8) is 0 Å². The summed E-state index contributed by atoms with van der Waals surface area (Å²) in [7, 11) is 0. The van der Waals surface area contributed by atoms with E-state index in [9.17, 15) is 0 Å². The predicted molar refractivity (Wildman–Crippen MR) is 79.7 cm³/mol. The quantitative estimate of drug-likeness (QED) is 0.392. The summed E-state index contributed by atoms with van der Waals surface area (Å²) in [6, 6.07) is 0. The molecule has 0 radical (unpaired) electrons. The van der Waals surface area contributed by atoms with Gasteiger partial charge in [0.15, 0.2) is 0 Å². The standard InChI is InChI=1S/C16H23ClO/c1-7-16(6)14(12(5)18-8-2)9-13(11(3)4)10-15(16)17/h7,9,13,15H,1,3,5,8,10H2,2,4,6H3/t13-,15-,16-/m1/s1. The van der Waals surface area contributed by atoms with Crippen molar-refractivity contribution >= 4 is 11.6 Å². The zero-order valence-electron chi connectivity index (χ0n) is 11.6. The van der Waals surface area contributed by atoms with Crippen LogP contribution in [0.2, 0.25) is 0 Å². The van der Waals surface area contributed by atoms with Crippen LogP contribution in [0.1, 0.15) is 27.2 Å². The molecule has 1 aliphatic rings. The second kappa shape index (κ2) is 5.79. The molecule has 100 valence electrons. The van der Waals surface area contributed by atoms with Crippen molar-refractivity contribution < 1.29 is 4.74 Å². The second-order valence-corrected chi connectivity index (χ2v) is 5.61. The van der Waals surface area contributed by atoms with E-state index in [0.717, 1.165) is 17.6 Å². The number of halogens is 1. The topological polar surface area (TPSA) is 9.23 Å². The van der Waals surface area contributed by atoms with Gasteiger partial charge in [-0.15, -0.1) is 18.2 Å². The van der Waals surface area contributed by atoms with E-state index >= 15 is 0 Å². The Morgan fingerprint density at radius 2 is 2.22 bits per heavy atom. The first kappa shape index (κ1) is 15.1. The molecule has 0 unspecified atom stereocenters. The van der Waals surface area contributed by atoms with Crippen LogP contribution in [0.5, 0.6) is 0 Å². The number of alkyl halides is 1. The Labute approximate surface area is 116 Å². The SMILES string of the molecule is C=C[C@]1(C)C(C(=C)OCC)=C[C@@H](C(=C)C)C[C@H]1Cl. The lowest BCUT2D eigenvalue weighted by Gasteiger charge is -2.40. The summed E-state index contributed by atoms with van der Waals surface area (Å²) in [4.78, 5) is 0. The molecule has 0 amide bonds. The average Bonchev–Trinajstić information content (AvgIpc) is 2.32. The smallest absolute Gasteiger partial charge is 0.115 e. The lowest BCUT2D eigenvalue weighted by Crippen LogP contribution is -2.35. The van der Waals surface area contributed by atoms with Crippen LogP contribution < -0.4 is 0 Å². The lowest BCUT2D eigenvalue weighted by atomic mass is 9.69. The minimum absolute atomic E-state index is 0.0195. The van der Waals surface area contributed by atoms with Crippen LogP contribution in [0, 0.1) is 11.3 Å². The molecule has 0 bridgehead atoms. The van der Waals surface area contributed by atoms with Gasteiger partial charge in [-0.25, -0.2) is 0 Å². The minimum atomic E-state index is -0.292. The van der Waals surface area contributed by atoms with Gasteiger partial charge in [0.25, 0.3) is 0 Å². The van der Waals surface area contributed by atoms with Gasteiger partial charge in [-0.05, 0) is 26.2 Å². The second-order valence-electron chi connectivity index (χ2n) is 5.08. The molecular weight excluding hydrogens is 244 g/mol. The highest BCUT2D eigenvalue weighted by atomic mass is 35.5. The molecule has 0 saturated carbocycles. The van der Waals surface area contributed by atoms with Crippen LogP contribution in [-0.2, 0) is 4.74 Å². The van der Waals surface area contributed by atoms with Gasteiger partial charge < -0.3 is 4.74 Å². The van der Waals surface area contributed by atoms with Crippen molar-refractivity contribution in [2.24, 2.45) is 11.3 Å². The average molecular weight is 267 g/mol. The summed E-state index contributed by atoms with van der Waals surface area (Å²) in [5.74, 6) is 0.976. The molecule has 0 aromatic rings. The zero-order chi connectivity index (χ0) is 13.9. The number of hydrogen-bond acceptors (Lipinski definition) is 1. The Balaban J connectivity index is 3.21. The number of hydrogen-bond donors (Lipinski definition) is 0. The molecule has 0 spiro atoms. The summed E-state index contributed by atoms with van der Waals surface area (Å²) < 4.78 is 5.56. The molecular formula is C16H23ClO. The summed E-state index contributed by atoms with van der Waals surface area (Å²) >= 11 is 6.55. The molecule has 0 heterocycles. The van der Waals surface area contributed by atoms with Crippen molar-refractivity contribution in [3.8, 4) is 0 Å². The molecule has 0 fully saturated rings. The normalized spacial score (nSPS) is 31.4. The third kappa shape index (κ3) is 2.72. The van der Waals surface area contributed by atoms with Crippen LogP contribution in [0.4, 0.5) is 0 Å². The van der Waals surface area contributed by atoms with E-state index < -0.39 is 0 Å². The molecule has 1 nitrogen and oxygen atoms in total. The molecule has 0 N–H and O–H groups in total. The van der Waals surface area contributed by atoms with Gasteiger partial charge in [0.2, 0.25) is 0 Å². The minimum Gasteiger partial charge on any atom is -0.494 e. The van der Waals surface area contributed by atoms with Gasteiger partial charge in [-0.2, -0.15) is 0 Å². The van der Waals surface area contributed by atoms with Crippen LogP contribution in [0.3, 0.4) is 0 Å². The molecule has 18 heavy (non-hydrogen) atoms. The zero-order valence-corrected chi connectivity index (χ0v) is 12.4.